The van der Waals surface area contributed by atoms with Gasteiger partial charge < -0.3 is 9.84 Å². The van der Waals surface area contributed by atoms with Crippen molar-refractivity contribution in [2.75, 3.05) is 0 Å². The van der Waals surface area contributed by atoms with Crippen LogP contribution in [0.15, 0.2) is 0 Å². The van der Waals surface area contributed by atoms with Gasteiger partial charge in [-0.3, -0.25) is 9.59 Å². The molecule has 0 amide bonds. The molecular formula is C16H30AgO4. The van der Waals surface area contributed by atoms with Crippen molar-refractivity contribution in [1.29, 1.82) is 0 Å². The van der Waals surface area contributed by atoms with Crippen LogP contribution < -0.4 is 0 Å². The van der Waals surface area contributed by atoms with E-state index in [2.05, 4.69) is 0 Å². The first-order valence-corrected chi connectivity index (χ1v) is 7.75. The number of carboxylic acid groups (broad SMARTS) is 1. The van der Waals surface area contributed by atoms with E-state index in [1.54, 1.807) is 0 Å². The van der Waals surface area contributed by atoms with Crippen LogP contribution >= 0.6 is 0 Å². The van der Waals surface area contributed by atoms with Crippen molar-refractivity contribution in [2.24, 2.45) is 0 Å². The number of carboxylic acids is 1. The number of unbranched alkanes of at least 4 members (excludes halogenated alkanes) is 7. The fourth-order valence-electron chi connectivity index (χ4n) is 2.00. The van der Waals surface area contributed by atoms with Crippen LogP contribution in [-0.2, 0) is 36.7 Å². The molecular weight excluding hydrogens is 364 g/mol. The van der Waals surface area contributed by atoms with Crippen LogP contribution in [0.5, 0.6) is 0 Å². The first-order chi connectivity index (χ1) is 9.31. The van der Waals surface area contributed by atoms with E-state index in [9.17, 15) is 9.59 Å². The van der Waals surface area contributed by atoms with Gasteiger partial charge in [-0.25, -0.2) is 0 Å². The van der Waals surface area contributed by atoms with Crippen molar-refractivity contribution in [3.63, 3.8) is 0 Å². The Morgan fingerprint density at radius 2 is 1.19 bits per heavy atom. The molecule has 0 aromatic heterocycles. The van der Waals surface area contributed by atoms with Gasteiger partial charge in [0.25, 0.3) is 0 Å². The molecule has 0 rings (SSSR count). The van der Waals surface area contributed by atoms with Crippen LogP contribution in [0.2, 0.25) is 0 Å². The summed E-state index contributed by atoms with van der Waals surface area (Å²) in [4.78, 5) is 21.8. The zero-order chi connectivity index (χ0) is 15.4. The molecule has 0 fully saturated rings. The van der Waals surface area contributed by atoms with E-state index in [-0.39, 0.29) is 40.4 Å². The summed E-state index contributed by atoms with van der Waals surface area (Å²) in [5, 5.41) is 8.49. The van der Waals surface area contributed by atoms with Crippen molar-refractivity contribution >= 4 is 11.9 Å². The third kappa shape index (κ3) is 19.7. The smallest absolute Gasteiger partial charge is 0.306 e. The van der Waals surface area contributed by atoms with E-state index in [0.717, 1.165) is 44.9 Å². The average molecular weight is 394 g/mol. The number of carbonyl (C=O) groups excluding carboxylic acids is 1. The molecule has 0 saturated heterocycles. The molecule has 4 nitrogen and oxygen atoms in total. The van der Waals surface area contributed by atoms with E-state index < -0.39 is 5.97 Å². The van der Waals surface area contributed by atoms with Crippen LogP contribution in [-0.4, -0.2) is 22.6 Å². The summed E-state index contributed by atoms with van der Waals surface area (Å²) in [7, 11) is 0. The van der Waals surface area contributed by atoms with E-state index in [0.29, 0.717) is 6.42 Å². The summed E-state index contributed by atoms with van der Waals surface area (Å²) < 4.78 is 5.24. The second-order valence-corrected chi connectivity index (χ2v) is 6.31. The van der Waals surface area contributed by atoms with Crippen molar-refractivity contribution in [2.45, 2.75) is 90.6 Å². The number of aliphatic carboxylic acids is 1. The van der Waals surface area contributed by atoms with Crippen molar-refractivity contribution in [1.82, 2.24) is 0 Å². The molecule has 0 saturated carbocycles. The Bertz CT molecular complexity index is 284. The van der Waals surface area contributed by atoms with Gasteiger partial charge in [0.15, 0.2) is 0 Å². The topological polar surface area (TPSA) is 63.6 Å². The number of carbonyl (C=O) groups is 2. The second kappa shape index (κ2) is 13.4. The fraction of sp³-hybridized carbons (Fsp3) is 0.875. The molecule has 0 aromatic rings. The molecule has 0 aliphatic heterocycles. The molecule has 0 bridgehead atoms. The van der Waals surface area contributed by atoms with Crippen molar-refractivity contribution in [3.05, 3.63) is 0 Å². The van der Waals surface area contributed by atoms with Gasteiger partial charge in [-0.1, -0.05) is 38.5 Å². The number of rotatable bonds is 11. The standard InChI is InChI=1S/C16H30O4.Ag/c1-16(2,3)20-15(19)13-11-9-7-5-4-6-8-10-12-14(17)18;/h4-13H2,1-3H3,(H,17,18);. The van der Waals surface area contributed by atoms with Crippen LogP contribution in [0.4, 0.5) is 0 Å². The third-order valence-corrected chi connectivity index (χ3v) is 2.94. The molecule has 21 heavy (non-hydrogen) atoms. The molecule has 129 valence electrons. The monoisotopic (exact) mass is 393 g/mol. The van der Waals surface area contributed by atoms with Gasteiger partial charge in [0.05, 0.1) is 0 Å². The van der Waals surface area contributed by atoms with Crippen LogP contribution in [0.25, 0.3) is 0 Å². The van der Waals surface area contributed by atoms with Gasteiger partial charge in [-0.15, -0.1) is 0 Å². The summed E-state index contributed by atoms with van der Waals surface area (Å²) in [6.07, 6.45) is 9.13. The van der Waals surface area contributed by atoms with E-state index in [1.165, 1.54) is 6.42 Å². The normalized spacial score (nSPS) is 10.8. The van der Waals surface area contributed by atoms with Crippen LogP contribution in [0, 0.1) is 0 Å². The predicted octanol–water partition coefficient (Wildman–Crippen LogP) is 4.31. The Balaban J connectivity index is 0. The van der Waals surface area contributed by atoms with Crippen LogP contribution in [0.1, 0.15) is 85.0 Å². The van der Waals surface area contributed by atoms with E-state index in [4.69, 9.17) is 9.84 Å². The molecule has 0 unspecified atom stereocenters. The largest absolute Gasteiger partial charge is 0.481 e. The van der Waals surface area contributed by atoms with E-state index in [1.807, 2.05) is 20.8 Å². The molecule has 0 spiro atoms. The predicted molar refractivity (Wildman–Crippen MR) is 79.7 cm³/mol. The minimum absolute atomic E-state index is 0. The summed E-state index contributed by atoms with van der Waals surface area (Å²) >= 11 is 0. The minimum atomic E-state index is -0.702. The molecule has 0 atom stereocenters. The minimum Gasteiger partial charge on any atom is -0.481 e. The fourth-order valence-corrected chi connectivity index (χ4v) is 2.00. The number of esters is 1. The van der Waals surface area contributed by atoms with Gasteiger partial charge in [-0.2, -0.15) is 0 Å². The van der Waals surface area contributed by atoms with Crippen molar-refractivity contribution in [3.8, 4) is 0 Å². The number of ether oxygens (including phenoxy) is 1. The van der Waals surface area contributed by atoms with Gasteiger partial charge >= 0.3 is 11.9 Å². The first kappa shape index (κ1) is 23.0. The van der Waals surface area contributed by atoms with Gasteiger partial charge in [0.2, 0.25) is 0 Å². The van der Waals surface area contributed by atoms with Gasteiger partial charge in [-0.05, 0) is 33.6 Å². The van der Waals surface area contributed by atoms with E-state index >= 15 is 0 Å². The maximum absolute atomic E-state index is 11.5. The maximum Gasteiger partial charge on any atom is 0.306 e. The molecule has 0 aliphatic carbocycles. The van der Waals surface area contributed by atoms with Crippen molar-refractivity contribution < 1.29 is 41.8 Å². The number of hydrogen-bond acceptors (Lipinski definition) is 3. The zero-order valence-electron chi connectivity index (χ0n) is 13.5. The molecule has 0 heterocycles. The molecule has 0 aliphatic rings. The zero-order valence-corrected chi connectivity index (χ0v) is 15.0. The SMILES string of the molecule is CC(C)(C)OC(=O)CCCCCCCCCCC(=O)O.[Ag]. The third-order valence-electron chi connectivity index (χ3n) is 2.94. The second-order valence-electron chi connectivity index (χ2n) is 6.31. The maximum atomic E-state index is 11.5. The Kier molecular flexibility index (Phi) is 14.6. The Morgan fingerprint density at radius 3 is 1.57 bits per heavy atom. The quantitative estimate of drug-likeness (QED) is 0.322. The summed E-state index contributed by atoms with van der Waals surface area (Å²) in [6, 6.07) is 0. The number of hydrogen-bond donors (Lipinski definition) is 1. The summed E-state index contributed by atoms with van der Waals surface area (Å²) in [5.74, 6) is -0.807. The molecule has 0 aromatic carbocycles. The summed E-state index contributed by atoms with van der Waals surface area (Å²) in [6.45, 7) is 5.65. The van der Waals surface area contributed by atoms with Crippen LogP contribution in [0.3, 0.4) is 0 Å². The summed E-state index contributed by atoms with van der Waals surface area (Å²) in [5.41, 5.74) is -0.382. The van der Waals surface area contributed by atoms with Gasteiger partial charge in [0, 0.05) is 35.2 Å². The Morgan fingerprint density at radius 1 is 0.810 bits per heavy atom. The molecule has 1 N–H and O–H groups in total. The Hall–Kier alpha value is -0.320. The molecule has 5 heteroatoms. The molecule has 1 radical (unpaired) electrons. The first-order valence-electron chi connectivity index (χ1n) is 7.75. The Labute approximate surface area is 144 Å². The van der Waals surface area contributed by atoms with Gasteiger partial charge in [0.1, 0.15) is 5.60 Å². The average Bonchev–Trinajstić information content (AvgIpc) is 2.28.